The lowest BCUT2D eigenvalue weighted by Gasteiger charge is -2.33. The number of carbonyl (C=O) groups is 1. The number of benzene rings is 1. The molecule has 1 aliphatic heterocycles. The molecule has 2 atom stereocenters. The molecule has 1 heterocycles. The average molecular weight is 461 g/mol. The molecule has 1 saturated heterocycles. The highest BCUT2D eigenvalue weighted by Crippen LogP contribution is 2.42. The van der Waals surface area contributed by atoms with E-state index >= 15 is 0 Å². The van der Waals surface area contributed by atoms with Crippen LogP contribution in [0.15, 0.2) is 29.3 Å². The fourth-order valence-corrected chi connectivity index (χ4v) is 3.43. The third-order valence-electron chi connectivity index (χ3n) is 4.95. The molecular formula is C18H25FIN3O2. The molecule has 1 aromatic rings. The van der Waals surface area contributed by atoms with Crippen molar-refractivity contribution in [2.24, 2.45) is 10.9 Å². The number of hydrogen-bond acceptors (Lipinski definition) is 3. The summed E-state index contributed by atoms with van der Waals surface area (Å²) in [5.74, 6) is 0.759. The van der Waals surface area contributed by atoms with Gasteiger partial charge in [-0.15, -0.1) is 24.0 Å². The van der Waals surface area contributed by atoms with Crippen LogP contribution in [0.4, 0.5) is 4.39 Å². The lowest BCUT2D eigenvalue weighted by atomic mass is 9.97. The van der Waals surface area contributed by atoms with Gasteiger partial charge in [-0.1, -0.05) is 18.2 Å². The normalized spacial score (nSPS) is 23.6. The minimum absolute atomic E-state index is 0. The second-order valence-electron chi connectivity index (χ2n) is 6.45. The van der Waals surface area contributed by atoms with Gasteiger partial charge in [0, 0.05) is 32.1 Å². The van der Waals surface area contributed by atoms with Gasteiger partial charge in [-0.25, -0.2) is 4.39 Å². The van der Waals surface area contributed by atoms with Gasteiger partial charge in [-0.3, -0.25) is 9.79 Å². The van der Waals surface area contributed by atoms with Gasteiger partial charge in [0.1, 0.15) is 5.82 Å². The first kappa shape index (κ1) is 19.9. The Morgan fingerprint density at radius 3 is 2.60 bits per heavy atom. The Labute approximate surface area is 165 Å². The van der Waals surface area contributed by atoms with Crippen LogP contribution < -0.4 is 5.32 Å². The zero-order valence-corrected chi connectivity index (χ0v) is 16.9. The quantitative estimate of drug-likeness (QED) is 0.326. The van der Waals surface area contributed by atoms with Crippen LogP contribution in [-0.4, -0.2) is 50.1 Å². The topological polar surface area (TPSA) is 53.9 Å². The molecule has 0 amide bonds. The Kier molecular flexibility index (Phi) is 7.04. The van der Waals surface area contributed by atoms with Gasteiger partial charge in [0.25, 0.3) is 0 Å². The van der Waals surface area contributed by atoms with Crippen LogP contribution in [0.2, 0.25) is 0 Å². The average Bonchev–Trinajstić information content (AvgIpc) is 3.38. The van der Waals surface area contributed by atoms with Crippen molar-refractivity contribution < 1.29 is 13.9 Å². The van der Waals surface area contributed by atoms with Crippen molar-refractivity contribution in [2.75, 3.05) is 27.2 Å². The number of hydrogen-bond donors (Lipinski definition) is 1. The number of aliphatic imine (C=N–C) groups is 1. The number of esters is 1. The van der Waals surface area contributed by atoms with E-state index in [1.807, 2.05) is 12.1 Å². The smallest absolute Gasteiger partial charge is 0.308 e. The lowest BCUT2D eigenvalue weighted by Crippen LogP contribution is -2.47. The number of rotatable bonds is 3. The first-order valence-electron chi connectivity index (χ1n) is 8.44. The summed E-state index contributed by atoms with van der Waals surface area (Å²) in [4.78, 5) is 18.1. The Morgan fingerprint density at radius 2 is 2.00 bits per heavy atom. The van der Waals surface area contributed by atoms with E-state index in [1.165, 1.54) is 13.2 Å². The van der Waals surface area contributed by atoms with E-state index in [1.54, 1.807) is 13.1 Å². The molecule has 0 radical (unpaired) electrons. The van der Waals surface area contributed by atoms with Crippen LogP contribution in [0.25, 0.3) is 0 Å². The van der Waals surface area contributed by atoms with Crippen molar-refractivity contribution in [2.45, 2.75) is 31.2 Å². The van der Waals surface area contributed by atoms with E-state index in [4.69, 9.17) is 4.74 Å². The van der Waals surface area contributed by atoms with Crippen LogP contribution >= 0.6 is 24.0 Å². The van der Waals surface area contributed by atoms with E-state index in [0.29, 0.717) is 0 Å². The second-order valence-corrected chi connectivity index (χ2v) is 6.45. The first-order chi connectivity index (χ1) is 11.6. The minimum atomic E-state index is -0.138. The molecule has 0 spiro atoms. The molecule has 1 aromatic carbocycles. The third-order valence-corrected chi connectivity index (χ3v) is 4.95. The minimum Gasteiger partial charge on any atom is -0.469 e. The number of nitrogens with zero attached hydrogens (tertiary/aromatic N) is 2. The Hall–Kier alpha value is -1.38. The predicted octanol–water partition coefficient (Wildman–Crippen LogP) is 2.76. The van der Waals surface area contributed by atoms with Gasteiger partial charge >= 0.3 is 5.97 Å². The maximum atomic E-state index is 13.9. The molecular weight excluding hydrogens is 436 g/mol. The van der Waals surface area contributed by atoms with E-state index in [2.05, 4.69) is 15.2 Å². The summed E-state index contributed by atoms with van der Waals surface area (Å²) in [7, 11) is 3.19. The van der Waals surface area contributed by atoms with Crippen molar-refractivity contribution >= 4 is 35.9 Å². The molecule has 3 rings (SSSR count). The van der Waals surface area contributed by atoms with Crippen molar-refractivity contribution in [1.82, 2.24) is 10.2 Å². The van der Waals surface area contributed by atoms with Gasteiger partial charge < -0.3 is 15.0 Å². The molecule has 1 aliphatic carbocycles. The summed E-state index contributed by atoms with van der Waals surface area (Å²) in [5.41, 5.74) is 0.773. The molecule has 2 fully saturated rings. The monoisotopic (exact) mass is 461 g/mol. The number of nitrogens with one attached hydrogen (secondary N) is 1. The highest BCUT2D eigenvalue weighted by Gasteiger charge is 2.41. The van der Waals surface area contributed by atoms with Crippen LogP contribution in [0.3, 0.4) is 0 Å². The summed E-state index contributed by atoms with van der Waals surface area (Å²) < 4.78 is 18.7. The van der Waals surface area contributed by atoms with E-state index in [0.717, 1.165) is 43.9 Å². The lowest BCUT2D eigenvalue weighted by molar-refractivity contribution is -0.146. The van der Waals surface area contributed by atoms with Gasteiger partial charge in [-0.05, 0) is 30.9 Å². The molecule has 1 N–H and O–H groups in total. The van der Waals surface area contributed by atoms with Crippen molar-refractivity contribution in [3.05, 3.63) is 35.6 Å². The number of piperidine rings is 1. The number of ether oxygens (including phenoxy) is 1. The van der Waals surface area contributed by atoms with Crippen LogP contribution in [0.5, 0.6) is 0 Å². The largest absolute Gasteiger partial charge is 0.469 e. The molecule has 7 heteroatoms. The zero-order chi connectivity index (χ0) is 17.1. The Morgan fingerprint density at radius 1 is 1.32 bits per heavy atom. The SMILES string of the molecule is CN=C(NC1CC1c1ccccc1F)N1CCC(C(=O)OC)CC1.I. The van der Waals surface area contributed by atoms with Crippen LogP contribution in [-0.2, 0) is 9.53 Å². The van der Waals surface area contributed by atoms with Gasteiger partial charge in [-0.2, -0.15) is 0 Å². The van der Waals surface area contributed by atoms with E-state index < -0.39 is 0 Å². The maximum absolute atomic E-state index is 13.9. The van der Waals surface area contributed by atoms with E-state index in [9.17, 15) is 9.18 Å². The maximum Gasteiger partial charge on any atom is 0.308 e. The molecule has 1 saturated carbocycles. The van der Waals surface area contributed by atoms with Crippen molar-refractivity contribution in [3.63, 3.8) is 0 Å². The van der Waals surface area contributed by atoms with Gasteiger partial charge in [0.15, 0.2) is 5.96 Å². The number of carbonyl (C=O) groups excluding carboxylic acids is 1. The number of guanidine groups is 1. The van der Waals surface area contributed by atoms with Crippen LogP contribution in [0.1, 0.15) is 30.7 Å². The highest BCUT2D eigenvalue weighted by molar-refractivity contribution is 14.0. The standard InChI is InChI=1S/C18H24FN3O2.HI/c1-20-18(22-9-7-12(8-10-22)17(23)24-2)21-16-11-14(16)13-5-3-4-6-15(13)19;/h3-6,12,14,16H,7-11H2,1-2H3,(H,20,21);1H. The molecule has 2 unspecified atom stereocenters. The Bertz CT molecular complexity index is 633. The number of halogens is 2. The Balaban J connectivity index is 0.00000225. The first-order valence-corrected chi connectivity index (χ1v) is 8.44. The summed E-state index contributed by atoms with van der Waals surface area (Å²) in [5, 5.41) is 3.44. The van der Waals surface area contributed by atoms with Crippen molar-refractivity contribution in [1.29, 1.82) is 0 Å². The molecule has 138 valence electrons. The molecule has 25 heavy (non-hydrogen) atoms. The number of likely N-dealkylation sites (tertiary alicyclic amines) is 1. The highest BCUT2D eigenvalue weighted by atomic mass is 127. The summed E-state index contributed by atoms with van der Waals surface area (Å²) >= 11 is 0. The summed E-state index contributed by atoms with van der Waals surface area (Å²) in [6, 6.07) is 7.18. The molecule has 0 aromatic heterocycles. The zero-order valence-electron chi connectivity index (χ0n) is 14.6. The van der Waals surface area contributed by atoms with Crippen LogP contribution in [0, 0.1) is 11.7 Å². The van der Waals surface area contributed by atoms with Crippen molar-refractivity contribution in [3.8, 4) is 0 Å². The molecule has 5 nitrogen and oxygen atoms in total. The number of methoxy groups -OCH3 is 1. The fourth-order valence-electron chi connectivity index (χ4n) is 3.43. The molecule has 2 aliphatic rings. The second kappa shape index (κ2) is 8.82. The molecule has 0 bridgehead atoms. The van der Waals surface area contributed by atoms with Gasteiger partial charge in [0.2, 0.25) is 0 Å². The summed E-state index contributed by atoms with van der Waals surface area (Å²) in [6.45, 7) is 1.55. The van der Waals surface area contributed by atoms with E-state index in [-0.39, 0.29) is 53.6 Å². The predicted molar refractivity (Wildman–Crippen MR) is 106 cm³/mol. The third kappa shape index (κ3) is 4.62. The van der Waals surface area contributed by atoms with Gasteiger partial charge in [0.05, 0.1) is 13.0 Å². The summed E-state index contributed by atoms with van der Waals surface area (Å²) in [6.07, 6.45) is 2.46. The fraction of sp³-hybridized carbons (Fsp3) is 0.556.